The highest BCUT2D eigenvalue weighted by molar-refractivity contribution is 7.15. The van der Waals surface area contributed by atoms with Crippen molar-refractivity contribution in [2.75, 3.05) is 0 Å². The molecule has 0 spiro atoms. The van der Waals surface area contributed by atoms with Gasteiger partial charge in [0.05, 0.1) is 16.8 Å². The van der Waals surface area contributed by atoms with Crippen molar-refractivity contribution in [2.45, 2.75) is 12.2 Å². The van der Waals surface area contributed by atoms with Gasteiger partial charge < -0.3 is 14.6 Å². The molecule has 2 heterocycles. The molecule has 0 fully saturated rings. The molecule has 1 aromatic carbocycles. The third kappa shape index (κ3) is 1.84. The topological polar surface area (TPSA) is 66.5 Å². The summed E-state index contributed by atoms with van der Waals surface area (Å²) in [6, 6.07) is 7.50. The average Bonchev–Trinajstić information content (AvgIpc) is 3.13. The minimum atomic E-state index is -1.05. The number of aliphatic hydroxyl groups is 2. The summed E-state index contributed by atoms with van der Waals surface area (Å²) in [6.07, 6.45) is -0.429. The molecule has 106 valence electrons. The number of halogens is 1. The van der Waals surface area contributed by atoms with Gasteiger partial charge in [-0.25, -0.2) is 9.37 Å². The summed E-state index contributed by atoms with van der Waals surface area (Å²) in [6.45, 7) is 0. The van der Waals surface area contributed by atoms with E-state index in [1.165, 1.54) is 35.8 Å². The van der Waals surface area contributed by atoms with Crippen LogP contribution in [0.2, 0.25) is 0 Å². The summed E-state index contributed by atoms with van der Waals surface area (Å²) >= 11 is 1.26. The van der Waals surface area contributed by atoms with Crippen molar-refractivity contribution in [1.29, 1.82) is 0 Å². The van der Waals surface area contributed by atoms with Gasteiger partial charge in [-0.05, 0) is 35.4 Å². The van der Waals surface area contributed by atoms with Gasteiger partial charge in [-0.3, -0.25) is 0 Å². The molecule has 1 aliphatic rings. The fourth-order valence-electron chi connectivity index (χ4n) is 2.56. The highest BCUT2D eigenvalue weighted by atomic mass is 32.1. The molecule has 0 saturated heterocycles. The number of hydrogen-bond acceptors (Lipinski definition) is 5. The summed E-state index contributed by atoms with van der Waals surface area (Å²) in [5.74, 6) is 0.119. The first-order valence-corrected chi connectivity index (χ1v) is 7.17. The first kappa shape index (κ1) is 12.7. The summed E-state index contributed by atoms with van der Waals surface area (Å²) in [5.41, 5.74) is 1.22. The van der Waals surface area contributed by atoms with Crippen LogP contribution in [-0.4, -0.2) is 15.2 Å². The van der Waals surface area contributed by atoms with Crippen molar-refractivity contribution in [3.63, 3.8) is 0 Å². The number of hydrogen-bond donors (Lipinski definition) is 2. The van der Waals surface area contributed by atoms with Gasteiger partial charge >= 0.3 is 0 Å². The maximum absolute atomic E-state index is 13.4. The molecule has 4 rings (SSSR count). The molecule has 21 heavy (non-hydrogen) atoms. The van der Waals surface area contributed by atoms with E-state index in [0.717, 1.165) is 0 Å². The average molecular weight is 303 g/mol. The molecule has 0 bridgehead atoms. The van der Waals surface area contributed by atoms with Gasteiger partial charge in [-0.15, -0.1) is 11.3 Å². The molecule has 3 aromatic rings. The Morgan fingerprint density at radius 2 is 2.00 bits per heavy atom. The van der Waals surface area contributed by atoms with Crippen molar-refractivity contribution in [3.05, 3.63) is 64.1 Å². The number of fused-ring (bicyclic) bond motifs is 2. The number of benzene rings is 1. The highest BCUT2D eigenvalue weighted by Crippen LogP contribution is 2.45. The van der Waals surface area contributed by atoms with Crippen LogP contribution in [-0.2, 0) is 0 Å². The molecule has 2 unspecified atom stereocenters. The molecule has 2 aromatic heterocycles. The summed E-state index contributed by atoms with van der Waals surface area (Å²) in [4.78, 5) is 4.91. The van der Waals surface area contributed by atoms with Crippen LogP contribution < -0.4 is 0 Å². The van der Waals surface area contributed by atoms with Crippen LogP contribution >= 0.6 is 11.3 Å². The van der Waals surface area contributed by atoms with Crippen molar-refractivity contribution < 1.29 is 19.0 Å². The van der Waals surface area contributed by atoms with Gasteiger partial charge in [0, 0.05) is 0 Å². The van der Waals surface area contributed by atoms with Crippen molar-refractivity contribution in [3.8, 4) is 10.8 Å². The Hall–Kier alpha value is -2.02. The van der Waals surface area contributed by atoms with E-state index in [0.29, 0.717) is 32.5 Å². The first-order chi connectivity index (χ1) is 10.1. The number of aromatic nitrogens is 1. The van der Waals surface area contributed by atoms with E-state index in [2.05, 4.69) is 4.98 Å². The highest BCUT2D eigenvalue weighted by Gasteiger charge is 2.34. The molecule has 0 radical (unpaired) electrons. The fraction of sp³-hybridized carbons (Fsp3) is 0.133. The van der Waals surface area contributed by atoms with E-state index in [4.69, 9.17) is 4.42 Å². The molecule has 0 aliphatic heterocycles. The normalized spacial score (nSPS) is 20.1. The van der Waals surface area contributed by atoms with Crippen LogP contribution in [0.25, 0.3) is 10.8 Å². The van der Waals surface area contributed by atoms with Crippen LogP contribution in [0.3, 0.4) is 0 Å². The Labute approximate surface area is 123 Å². The molecule has 4 nitrogen and oxygen atoms in total. The Morgan fingerprint density at radius 1 is 1.14 bits per heavy atom. The number of nitrogens with zero attached hydrogens (tertiary/aromatic N) is 1. The zero-order valence-corrected chi connectivity index (χ0v) is 11.5. The van der Waals surface area contributed by atoms with Gasteiger partial charge in [-0.1, -0.05) is 6.07 Å². The third-order valence-corrected chi connectivity index (χ3v) is 4.70. The lowest BCUT2D eigenvalue weighted by Gasteiger charge is -2.24. The van der Waals surface area contributed by atoms with Crippen LogP contribution in [0.4, 0.5) is 4.39 Å². The Kier molecular flexibility index (Phi) is 2.72. The van der Waals surface area contributed by atoms with Gasteiger partial charge in [-0.2, -0.15) is 0 Å². The zero-order valence-electron chi connectivity index (χ0n) is 10.7. The second-order valence-electron chi connectivity index (χ2n) is 4.82. The number of aliphatic hydroxyl groups excluding tert-OH is 2. The van der Waals surface area contributed by atoms with Crippen molar-refractivity contribution in [1.82, 2.24) is 4.98 Å². The van der Waals surface area contributed by atoms with Gasteiger partial charge in [0.15, 0.2) is 10.8 Å². The maximum Gasteiger partial charge on any atom is 0.162 e. The quantitative estimate of drug-likeness (QED) is 0.725. The summed E-state index contributed by atoms with van der Waals surface area (Å²) < 4.78 is 18.7. The molecule has 1 aliphatic carbocycles. The molecular weight excluding hydrogens is 293 g/mol. The van der Waals surface area contributed by atoms with Crippen LogP contribution in [0.15, 0.2) is 41.0 Å². The molecule has 6 heteroatoms. The zero-order chi connectivity index (χ0) is 14.6. The van der Waals surface area contributed by atoms with Crippen LogP contribution in [0.1, 0.15) is 33.9 Å². The second kappa shape index (κ2) is 4.49. The van der Waals surface area contributed by atoms with Crippen molar-refractivity contribution >= 4 is 11.3 Å². The van der Waals surface area contributed by atoms with E-state index in [1.807, 2.05) is 0 Å². The van der Waals surface area contributed by atoms with E-state index in [-0.39, 0.29) is 0 Å². The van der Waals surface area contributed by atoms with Crippen molar-refractivity contribution in [2.24, 2.45) is 0 Å². The van der Waals surface area contributed by atoms with Gasteiger partial charge in [0.1, 0.15) is 18.0 Å². The predicted octanol–water partition coefficient (Wildman–Crippen LogP) is 3.02. The molecule has 0 amide bonds. The van der Waals surface area contributed by atoms with Gasteiger partial charge in [0.25, 0.3) is 0 Å². The lowest BCUT2D eigenvalue weighted by Crippen LogP contribution is -2.16. The molecule has 2 N–H and O–H groups in total. The minimum absolute atomic E-state index is 0.353. The standard InChI is InChI=1S/C15H10FNO3S/c16-7-3-4-8-9(6-7)12(18)11-14(13(8)19)21-15(17-11)10-2-1-5-20-10/h1-6,12-13,18-19H. The van der Waals surface area contributed by atoms with Crippen LogP contribution in [0.5, 0.6) is 0 Å². The third-order valence-electron chi connectivity index (χ3n) is 3.56. The number of furan rings is 1. The molecular formula is C15H10FNO3S. The second-order valence-corrected chi connectivity index (χ2v) is 5.85. The lowest BCUT2D eigenvalue weighted by atomic mass is 9.89. The fourth-order valence-corrected chi connectivity index (χ4v) is 3.63. The largest absolute Gasteiger partial charge is 0.462 e. The summed E-state index contributed by atoms with van der Waals surface area (Å²) in [7, 11) is 0. The van der Waals surface area contributed by atoms with E-state index in [9.17, 15) is 14.6 Å². The smallest absolute Gasteiger partial charge is 0.162 e. The first-order valence-electron chi connectivity index (χ1n) is 6.35. The maximum atomic E-state index is 13.4. The monoisotopic (exact) mass is 303 g/mol. The minimum Gasteiger partial charge on any atom is -0.462 e. The number of thiazole rings is 1. The SMILES string of the molecule is OC1c2cc(F)ccc2C(O)c2sc(-c3ccco3)nc21. The van der Waals surface area contributed by atoms with E-state index in [1.54, 1.807) is 12.1 Å². The molecule has 0 saturated carbocycles. The Morgan fingerprint density at radius 3 is 2.76 bits per heavy atom. The predicted molar refractivity (Wildman–Crippen MR) is 74.3 cm³/mol. The van der Waals surface area contributed by atoms with Gasteiger partial charge in [0.2, 0.25) is 0 Å². The van der Waals surface area contributed by atoms with E-state index >= 15 is 0 Å². The Bertz CT molecular complexity index is 812. The Balaban J connectivity index is 1.89. The molecule has 2 atom stereocenters. The summed E-state index contributed by atoms with van der Waals surface area (Å²) in [5, 5.41) is 21.4. The van der Waals surface area contributed by atoms with E-state index < -0.39 is 18.0 Å². The number of rotatable bonds is 1. The van der Waals surface area contributed by atoms with Crippen LogP contribution in [0, 0.1) is 5.82 Å². The lowest BCUT2D eigenvalue weighted by molar-refractivity contribution is 0.173.